The van der Waals surface area contributed by atoms with Crippen LogP contribution in [0.4, 0.5) is 0 Å². The van der Waals surface area contributed by atoms with Gasteiger partial charge in [0.25, 0.3) is 0 Å². The molecule has 1 fully saturated rings. The number of hydrogen-bond donors (Lipinski definition) is 1. The summed E-state index contributed by atoms with van der Waals surface area (Å²) >= 11 is 12.1. The molecule has 1 N–H and O–H groups in total. The van der Waals surface area contributed by atoms with Crippen molar-refractivity contribution in [2.75, 3.05) is 0 Å². The average Bonchev–Trinajstić information content (AvgIpc) is 2.95. The second kappa shape index (κ2) is 3.63. The lowest BCUT2D eigenvalue weighted by atomic mass is 9.96. The van der Waals surface area contributed by atoms with Crippen LogP contribution in [0.5, 0.6) is 5.75 Å². The summed E-state index contributed by atoms with van der Waals surface area (Å²) < 4.78 is 0. The number of phenols is 1. The van der Waals surface area contributed by atoms with E-state index in [0.717, 1.165) is 5.56 Å². The lowest BCUT2D eigenvalue weighted by Crippen LogP contribution is -1.98. The first kappa shape index (κ1) is 10.1. The van der Waals surface area contributed by atoms with Gasteiger partial charge in [-0.1, -0.05) is 30.1 Å². The molecule has 2 rings (SSSR count). The first-order valence-corrected chi connectivity index (χ1v) is 5.53. The van der Waals surface area contributed by atoms with Gasteiger partial charge in [-0.3, -0.25) is 0 Å². The topological polar surface area (TPSA) is 20.2 Å². The van der Waals surface area contributed by atoms with Gasteiger partial charge < -0.3 is 5.11 Å². The maximum Gasteiger partial charge on any atom is 0.134 e. The predicted molar refractivity (Wildman–Crippen MR) is 59.3 cm³/mol. The molecule has 1 aromatic rings. The largest absolute Gasteiger partial charge is 0.506 e. The van der Waals surface area contributed by atoms with Crippen molar-refractivity contribution in [3.05, 3.63) is 27.7 Å². The van der Waals surface area contributed by atoms with Crippen LogP contribution < -0.4 is 0 Å². The Morgan fingerprint density at radius 3 is 2.57 bits per heavy atom. The molecule has 3 heteroatoms. The fourth-order valence-corrected chi connectivity index (χ4v) is 2.52. The average molecular weight is 231 g/mol. The van der Waals surface area contributed by atoms with Gasteiger partial charge in [0.2, 0.25) is 0 Å². The minimum atomic E-state index is 0.124. The van der Waals surface area contributed by atoms with Gasteiger partial charge in [-0.2, -0.15) is 0 Å². The minimum absolute atomic E-state index is 0.124. The third kappa shape index (κ3) is 1.71. The Kier molecular flexibility index (Phi) is 2.63. The molecule has 0 aliphatic heterocycles. The monoisotopic (exact) mass is 230 g/mol. The smallest absolute Gasteiger partial charge is 0.134 e. The first-order chi connectivity index (χ1) is 6.61. The molecule has 14 heavy (non-hydrogen) atoms. The van der Waals surface area contributed by atoms with Crippen molar-refractivity contribution >= 4 is 23.2 Å². The van der Waals surface area contributed by atoms with E-state index in [1.165, 1.54) is 18.9 Å². The van der Waals surface area contributed by atoms with E-state index >= 15 is 0 Å². The van der Waals surface area contributed by atoms with Gasteiger partial charge in [-0.15, -0.1) is 0 Å². The summed E-state index contributed by atoms with van der Waals surface area (Å²) in [5.41, 5.74) is 0.899. The van der Waals surface area contributed by atoms with Crippen LogP contribution in [0.25, 0.3) is 0 Å². The number of hydrogen-bond acceptors (Lipinski definition) is 1. The quantitative estimate of drug-likeness (QED) is 0.808. The zero-order valence-electron chi connectivity index (χ0n) is 7.93. The lowest BCUT2D eigenvalue weighted by molar-refractivity contribution is 0.473. The third-order valence-electron chi connectivity index (χ3n) is 2.89. The van der Waals surface area contributed by atoms with Crippen molar-refractivity contribution in [2.24, 2.45) is 5.92 Å². The van der Waals surface area contributed by atoms with Crippen molar-refractivity contribution in [1.29, 1.82) is 0 Å². The number of benzene rings is 1. The molecule has 1 aliphatic carbocycles. The summed E-state index contributed by atoms with van der Waals surface area (Å²) in [5, 5.41) is 10.6. The molecule has 0 aromatic heterocycles. The fraction of sp³-hybridized carbons (Fsp3) is 0.455. The summed E-state index contributed by atoms with van der Waals surface area (Å²) in [5.74, 6) is 1.16. The highest BCUT2D eigenvalue weighted by Crippen LogP contribution is 2.47. The van der Waals surface area contributed by atoms with Gasteiger partial charge in [0.1, 0.15) is 5.75 Å². The van der Waals surface area contributed by atoms with Crippen LogP contribution in [0.15, 0.2) is 12.1 Å². The molecule has 1 unspecified atom stereocenters. The highest BCUT2D eigenvalue weighted by molar-refractivity contribution is 6.37. The van der Waals surface area contributed by atoms with Crippen LogP contribution >= 0.6 is 23.2 Å². The molecule has 1 saturated carbocycles. The molecule has 76 valence electrons. The maximum atomic E-state index is 9.49. The van der Waals surface area contributed by atoms with Gasteiger partial charge in [0.05, 0.1) is 5.02 Å². The second-order valence-corrected chi connectivity index (χ2v) is 4.71. The van der Waals surface area contributed by atoms with Crippen molar-refractivity contribution < 1.29 is 5.11 Å². The molecule has 1 aromatic carbocycles. The summed E-state index contributed by atoms with van der Waals surface area (Å²) in [6, 6.07) is 3.24. The van der Waals surface area contributed by atoms with Crippen molar-refractivity contribution in [1.82, 2.24) is 0 Å². The molecular weight excluding hydrogens is 219 g/mol. The van der Waals surface area contributed by atoms with Gasteiger partial charge in [0, 0.05) is 5.02 Å². The number of phenolic OH excluding ortho intramolecular Hbond substituents is 1. The van der Waals surface area contributed by atoms with E-state index < -0.39 is 0 Å². The van der Waals surface area contributed by atoms with Crippen LogP contribution in [0.2, 0.25) is 10.0 Å². The third-order valence-corrected chi connectivity index (χ3v) is 3.62. The van der Waals surface area contributed by atoms with E-state index in [9.17, 15) is 5.11 Å². The molecule has 0 radical (unpaired) electrons. The van der Waals surface area contributed by atoms with Gasteiger partial charge in [-0.05, 0) is 42.4 Å². The van der Waals surface area contributed by atoms with E-state index in [2.05, 4.69) is 6.92 Å². The Morgan fingerprint density at radius 2 is 2.00 bits per heavy atom. The van der Waals surface area contributed by atoms with Crippen LogP contribution in [-0.4, -0.2) is 5.11 Å². The molecule has 1 nitrogen and oxygen atoms in total. The Labute approximate surface area is 93.7 Å². The standard InChI is InChI=1S/C11H12Cl2O/c1-6(7-2-3-7)10-8(12)4-5-9(14)11(10)13/h4-7,14H,2-3H2,1H3. The molecule has 1 aliphatic rings. The van der Waals surface area contributed by atoms with Crippen molar-refractivity contribution in [3.63, 3.8) is 0 Å². The van der Waals surface area contributed by atoms with Crippen molar-refractivity contribution in [2.45, 2.75) is 25.7 Å². The van der Waals surface area contributed by atoms with Crippen LogP contribution in [0.3, 0.4) is 0 Å². The van der Waals surface area contributed by atoms with E-state index in [-0.39, 0.29) is 5.75 Å². The normalized spacial score (nSPS) is 18.2. The molecule has 0 heterocycles. The Balaban J connectivity index is 2.43. The van der Waals surface area contributed by atoms with E-state index in [1.807, 2.05) is 0 Å². The molecular formula is C11H12Cl2O. The second-order valence-electron chi connectivity index (χ2n) is 3.92. The van der Waals surface area contributed by atoms with Gasteiger partial charge in [0.15, 0.2) is 0 Å². The number of aromatic hydroxyl groups is 1. The Morgan fingerprint density at radius 1 is 1.36 bits per heavy atom. The van der Waals surface area contributed by atoms with Crippen LogP contribution in [0, 0.1) is 5.92 Å². The minimum Gasteiger partial charge on any atom is -0.506 e. The first-order valence-electron chi connectivity index (χ1n) is 4.78. The Hall–Kier alpha value is -0.400. The molecule has 0 spiro atoms. The van der Waals surface area contributed by atoms with Crippen LogP contribution in [-0.2, 0) is 0 Å². The van der Waals surface area contributed by atoms with E-state index in [4.69, 9.17) is 23.2 Å². The Bertz CT molecular complexity index is 359. The molecule has 0 amide bonds. The SMILES string of the molecule is CC(c1c(Cl)ccc(O)c1Cl)C1CC1. The molecule has 0 bridgehead atoms. The lowest BCUT2D eigenvalue weighted by Gasteiger charge is -2.15. The zero-order valence-corrected chi connectivity index (χ0v) is 9.44. The molecule has 1 atom stereocenters. The van der Waals surface area contributed by atoms with Gasteiger partial charge >= 0.3 is 0 Å². The fourth-order valence-electron chi connectivity index (χ4n) is 1.81. The predicted octanol–water partition coefficient (Wildman–Crippen LogP) is 4.21. The summed E-state index contributed by atoms with van der Waals surface area (Å²) in [6.45, 7) is 2.12. The highest BCUT2D eigenvalue weighted by Gasteiger charge is 2.31. The zero-order chi connectivity index (χ0) is 10.3. The number of rotatable bonds is 2. The summed E-state index contributed by atoms with van der Waals surface area (Å²) in [7, 11) is 0. The van der Waals surface area contributed by atoms with E-state index in [0.29, 0.717) is 21.9 Å². The van der Waals surface area contributed by atoms with Crippen molar-refractivity contribution in [3.8, 4) is 5.75 Å². The molecule has 0 saturated heterocycles. The maximum absolute atomic E-state index is 9.49. The van der Waals surface area contributed by atoms with E-state index in [1.54, 1.807) is 6.07 Å². The summed E-state index contributed by atoms with van der Waals surface area (Å²) in [4.78, 5) is 0. The summed E-state index contributed by atoms with van der Waals surface area (Å²) in [6.07, 6.45) is 2.48. The highest BCUT2D eigenvalue weighted by atomic mass is 35.5. The van der Waals surface area contributed by atoms with Crippen LogP contribution in [0.1, 0.15) is 31.2 Å². The van der Waals surface area contributed by atoms with Gasteiger partial charge in [-0.25, -0.2) is 0 Å². The number of halogens is 2.